The minimum Gasteiger partial charge on any atom is -0.465 e. The van der Waals surface area contributed by atoms with E-state index in [1.54, 1.807) is 20.8 Å². The number of carbonyl (C=O) groups excluding carboxylic acids is 2. The van der Waals surface area contributed by atoms with E-state index in [1.807, 2.05) is 0 Å². The van der Waals surface area contributed by atoms with E-state index in [4.69, 9.17) is 9.15 Å². The number of ether oxygens (including phenoxy) is 2. The van der Waals surface area contributed by atoms with Gasteiger partial charge in [-0.25, -0.2) is 14.4 Å². The van der Waals surface area contributed by atoms with E-state index in [0.29, 0.717) is 9.70 Å². The van der Waals surface area contributed by atoms with Gasteiger partial charge in [-0.15, -0.1) is 11.3 Å². The second-order valence-corrected chi connectivity index (χ2v) is 6.49. The number of hydrogen-bond acceptors (Lipinski definition) is 7. The van der Waals surface area contributed by atoms with Crippen LogP contribution in [0.25, 0.3) is 10.3 Å². The summed E-state index contributed by atoms with van der Waals surface area (Å²) in [5, 5.41) is 2.99. The monoisotopic (exact) mass is 325 g/mol. The number of rotatable bonds is 2. The Hall–Kier alpha value is -2.35. The Bertz CT molecular complexity index is 783. The Morgan fingerprint density at radius 1 is 1.27 bits per heavy atom. The summed E-state index contributed by atoms with van der Waals surface area (Å²) in [6.07, 6.45) is -0.616. The average Bonchev–Trinajstić information content (AvgIpc) is 2.75. The molecule has 7 nitrogen and oxygen atoms in total. The molecular formula is C14H15NO6S. The summed E-state index contributed by atoms with van der Waals surface area (Å²) in [5.41, 5.74) is -1.33. The third-order valence-corrected chi connectivity index (χ3v) is 3.43. The van der Waals surface area contributed by atoms with Gasteiger partial charge < -0.3 is 13.9 Å². The van der Waals surface area contributed by atoms with Crippen molar-refractivity contribution in [1.82, 2.24) is 0 Å². The minimum atomic E-state index is -0.791. The highest BCUT2D eigenvalue weighted by molar-refractivity contribution is 7.22. The van der Waals surface area contributed by atoms with Crippen molar-refractivity contribution in [3.8, 4) is 0 Å². The Morgan fingerprint density at radius 3 is 2.55 bits per heavy atom. The lowest BCUT2D eigenvalue weighted by molar-refractivity contribution is 0.0594. The van der Waals surface area contributed by atoms with Crippen LogP contribution < -0.4 is 10.9 Å². The van der Waals surface area contributed by atoms with Crippen molar-refractivity contribution < 1.29 is 23.5 Å². The minimum absolute atomic E-state index is 0.194. The van der Waals surface area contributed by atoms with Gasteiger partial charge in [0.15, 0.2) is 5.58 Å². The molecule has 2 aromatic heterocycles. The van der Waals surface area contributed by atoms with Crippen LogP contribution in [-0.4, -0.2) is 24.8 Å². The van der Waals surface area contributed by atoms with E-state index < -0.39 is 23.3 Å². The van der Waals surface area contributed by atoms with E-state index in [9.17, 15) is 14.4 Å². The summed E-state index contributed by atoms with van der Waals surface area (Å²) in [6, 6.07) is 2.87. The van der Waals surface area contributed by atoms with E-state index in [0.717, 1.165) is 11.3 Å². The summed E-state index contributed by atoms with van der Waals surface area (Å²) >= 11 is 1.15. The molecule has 0 saturated carbocycles. The molecule has 0 unspecified atom stereocenters. The van der Waals surface area contributed by atoms with Crippen molar-refractivity contribution in [3.05, 3.63) is 28.1 Å². The SMILES string of the molecule is COC(=O)c1cc2sc(NC(=O)OC(C)(C)C)cc2oc1=O. The van der Waals surface area contributed by atoms with Gasteiger partial charge in [-0.05, 0) is 26.8 Å². The predicted octanol–water partition coefficient (Wildman–Crippen LogP) is 2.99. The van der Waals surface area contributed by atoms with Crippen molar-refractivity contribution in [1.29, 1.82) is 0 Å². The van der Waals surface area contributed by atoms with Crippen molar-refractivity contribution in [2.45, 2.75) is 26.4 Å². The van der Waals surface area contributed by atoms with Crippen LogP contribution in [0.4, 0.5) is 9.80 Å². The highest BCUT2D eigenvalue weighted by atomic mass is 32.1. The van der Waals surface area contributed by atoms with E-state index >= 15 is 0 Å². The van der Waals surface area contributed by atoms with Crippen molar-refractivity contribution in [2.24, 2.45) is 0 Å². The van der Waals surface area contributed by atoms with Gasteiger partial charge in [-0.1, -0.05) is 0 Å². The zero-order chi connectivity index (χ0) is 16.5. The fourth-order valence-corrected chi connectivity index (χ4v) is 2.55. The molecule has 2 aromatic rings. The highest BCUT2D eigenvalue weighted by Gasteiger charge is 2.19. The molecule has 22 heavy (non-hydrogen) atoms. The first kappa shape index (κ1) is 16.0. The zero-order valence-electron chi connectivity index (χ0n) is 12.5. The van der Waals surface area contributed by atoms with Crippen molar-refractivity contribution in [3.63, 3.8) is 0 Å². The number of carbonyl (C=O) groups is 2. The molecule has 0 spiro atoms. The summed E-state index contributed by atoms with van der Waals surface area (Å²) in [7, 11) is 1.18. The maximum Gasteiger partial charge on any atom is 0.412 e. The van der Waals surface area contributed by atoms with Crippen LogP contribution in [0.5, 0.6) is 0 Å². The summed E-state index contributed by atoms with van der Waals surface area (Å²) < 4.78 is 15.2. The molecule has 0 saturated heterocycles. The molecule has 1 amide bonds. The molecule has 0 aliphatic carbocycles. The molecule has 0 atom stereocenters. The van der Waals surface area contributed by atoms with Crippen LogP contribution >= 0.6 is 11.3 Å². The van der Waals surface area contributed by atoms with Gasteiger partial charge in [-0.3, -0.25) is 5.32 Å². The number of methoxy groups -OCH3 is 1. The molecule has 0 aliphatic rings. The van der Waals surface area contributed by atoms with Gasteiger partial charge >= 0.3 is 17.7 Å². The molecule has 0 fully saturated rings. The van der Waals surface area contributed by atoms with E-state index in [1.165, 1.54) is 19.2 Å². The predicted molar refractivity (Wildman–Crippen MR) is 81.6 cm³/mol. The van der Waals surface area contributed by atoms with Crippen LogP contribution in [0.2, 0.25) is 0 Å². The second kappa shape index (κ2) is 5.80. The van der Waals surface area contributed by atoms with Crippen molar-refractivity contribution in [2.75, 3.05) is 12.4 Å². The Labute approximate surface area is 129 Å². The molecule has 0 radical (unpaired) electrons. The lowest BCUT2D eigenvalue weighted by atomic mass is 10.2. The van der Waals surface area contributed by atoms with Gasteiger partial charge in [0.1, 0.15) is 16.2 Å². The summed E-state index contributed by atoms with van der Waals surface area (Å²) in [6.45, 7) is 5.25. The molecule has 0 bridgehead atoms. The van der Waals surface area contributed by atoms with Gasteiger partial charge in [0.05, 0.1) is 11.8 Å². The molecule has 2 heterocycles. The van der Waals surface area contributed by atoms with Gasteiger partial charge in [0.25, 0.3) is 0 Å². The Morgan fingerprint density at radius 2 is 1.95 bits per heavy atom. The number of amides is 1. The number of anilines is 1. The number of esters is 1. The molecule has 2 rings (SSSR count). The quantitative estimate of drug-likeness (QED) is 0.853. The van der Waals surface area contributed by atoms with Gasteiger partial charge in [-0.2, -0.15) is 0 Å². The molecule has 0 aromatic carbocycles. The smallest absolute Gasteiger partial charge is 0.412 e. The Balaban J connectivity index is 2.29. The molecular weight excluding hydrogens is 310 g/mol. The fourth-order valence-electron chi connectivity index (χ4n) is 1.63. The lowest BCUT2D eigenvalue weighted by Crippen LogP contribution is -2.26. The third kappa shape index (κ3) is 3.64. The van der Waals surface area contributed by atoms with Gasteiger partial charge in [0, 0.05) is 6.07 Å². The summed E-state index contributed by atoms with van der Waals surface area (Å²) in [4.78, 5) is 34.8. The van der Waals surface area contributed by atoms with Crippen molar-refractivity contribution >= 4 is 38.7 Å². The molecule has 118 valence electrons. The molecule has 8 heteroatoms. The van der Waals surface area contributed by atoms with Crippen LogP contribution in [0.1, 0.15) is 31.1 Å². The van der Waals surface area contributed by atoms with Gasteiger partial charge in [0.2, 0.25) is 0 Å². The zero-order valence-corrected chi connectivity index (χ0v) is 13.3. The number of thiophene rings is 1. The first-order valence-electron chi connectivity index (χ1n) is 6.35. The Kier molecular flexibility index (Phi) is 4.23. The maximum absolute atomic E-state index is 11.7. The highest BCUT2D eigenvalue weighted by Crippen LogP contribution is 2.29. The maximum atomic E-state index is 11.7. The normalized spacial score (nSPS) is 11.3. The third-order valence-electron chi connectivity index (χ3n) is 2.45. The molecule has 1 N–H and O–H groups in total. The number of hydrogen-bond donors (Lipinski definition) is 1. The number of nitrogens with one attached hydrogen (secondary N) is 1. The standard InChI is InChI=1S/C14H15NO6S/c1-14(2,3)21-13(18)15-10-6-8-9(22-10)5-7(11(16)19-4)12(17)20-8/h5-6H,1-4H3,(H,15,18). The van der Waals surface area contributed by atoms with Crippen LogP contribution in [0, 0.1) is 0 Å². The van der Waals surface area contributed by atoms with E-state index in [2.05, 4.69) is 10.1 Å². The first-order valence-corrected chi connectivity index (χ1v) is 7.17. The largest absolute Gasteiger partial charge is 0.465 e. The lowest BCUT2D eigenvalue weighted by Gasteiger charge is -2.19. The topological polar surface area (TPSA) is 94.8 Å². The van der Waals surface area contributed by atoms with Crippen LogP contribution in [0.15, 0.2) is 21.3 Å². The fraction of sp³-hybridized carbons (Fsp3) is 0.357. The number of fused-ring (bicyclic) bond motifs is 1. The second-order valence-electron chi connectivity index (χ2n) is 5.41. The first-order chi connectivity index (χ1) is 10.2. The van der Waals surface area contributed by atoms with Crippen LogP contribution in [0.3, 0.4) is 0 Å². The van der Waals surface area contributed by atoms with E-state index in [-0.39, 0.29) is 11.1 Å². The molecule has 0 aliphatic heterocycles. The summed E-state index contributed by atoms with van der Waals surface area (Å²) in [5.74, 6) is -0.772. The average molecular weight is 325 g/mol. The van der Waals surface area contributed by atoms with Crippen LogP contribution in [-0.2, 0) is 9.47 Å².